The number of nitrogens with zero attached hydrogens (tertiary/aromatic N) is 2. The van der Waals surface area contributed by atoms with Crippen molar-refractivity contribution in [3.63, 3.8) is 0 Å². The second-order valence-corrected chi connectivity index (χ2v) is 3.59. The Hall–Kier alpha value is -1.73. The summed E-state index contributed by atoms with van der Waals surface area (Å²) in [6, 6.07) is 9.36. The largest absolute Gasteiger partial charge is 0.291 e. The molecule has 0 saturated carbocycles. The molecular weight excluding hydrogens is 196 g/mol. The fourth-order valence-corrected chi connectivity index (χ4v) is 2.03. The van der Waals surface area contributed by atoms with Crippen LogP contribution in [0.25, 0.3) is 10.1 Å². The Morgan fingerprint density at radius 1 is 1.50 bits per heavy atom. The number of hydrogen-bond acceptors (Lipinski definition) is 4. The molecule has 0 spiro atoms. The Balaban J connectivity index is 2.54. The molecule has 0 radical (unpaired) electrons. The maximum absolute atomic E-state index is 11.4. The Bertz CT molecular complexity index is 524. The first kappa shape index (κ1) is 8.85. The molecule has 1 aromatic carbocycles. The van der Waals surface area contributed by atoms with Crippen molar-refractivity contribution >= 4 is 27.4 Å². The molecule has 1 heterocycles. The van der Waals surface area contributed by atoms with Gasteiger partial charge in [0, 0.05) is 5.39 Å². The zero-order valence-corrected chi connectivity index (χ0v) is 8.04. The summed E-state index contributed by atoms with van der Waals surface area (Å²) in [6.45, 7) is 0. The normalized spacial score (nSPS) is 9.93. The summed E-state index contributed by atoms with van der Waals surface area (Å²) in [5.74, 6) is -0.204. The Morgan fingerprint density at radius 2 is 2.29 bits per heavy atom. The maximum Gasteiger partial charge on any atom is 0.196 e. The van der Waals surface area contributed by atoms with Crippen LogP contribution in [0.3, 0.4) is 0 Å². The molecule has 4 heteroatoms. The molecule has 0 aliphatic carbocycles. The van der Waals surface area contributed by atoms with Crippen molar-refractivity contribution in [2.24, 2.45) is 0 Å². The average molecular weight is 202 g/mol. The van der Waals surface area contributed by atoms with E-state index in [2.05, 4.69) is 4.37 Å². The summed E-state index contributed by atoms with van der Waals surface area (Å²) in [5.41, 5.74) is 0.423. The van der Waals surface area contributed by atoms with Crippen molar-refractivity contribution in [3.05, 3.63) is 30.0 Å². The fourth-order valence-electron chi connectivity index (χ4n) is 1.24. The van der Waals surface area contributed by atoms with Gasteiger partial charge in [0.05, 0.1) is 10.8 Å². The summed E-state index contributed by atoms with van der Waals surface area (Å²) in [6.07, 6.45) is -0.103. The van der Waals surface area contributed by atoms with Gasteiger partial charge in [0.2, 0.25) is 0 Å². The molecule has 0 aliphatic rings. The van der Waals surface area contributed by atoms with E-state index in [-0.39, 0.29) is 12.2 Å². The van der Waals surface area contributed by atoms with Gasteiger partial charge in [0.1, 0.15) is 12.1 Å². The van der Waals surface area contributed by atoms with Crippen LogP contribution < -0.4 is 0 Å². The number of carbonyl (C=O) groups excluding carboxylic acids is 1. The minimum Gasteiger partial charge on any atom is -0.291 e. The number of aromatic nitrogens is 1. The Labute approximate surface area is 84.8 Å². The van der Waals surface area contributed by atoms with E-state index in [9.17, 15) is 4.79 Å². The van der Waals surface area contributed by atoms with Crippen molar-refractivity contribution in [3.8, 4) is 6.07 Å². The molecule has 2 aromatic rings. The van der Waals surface area contributed by atoms with Crippen molar-refractivity contribution in [2.75, 3.05) is 0 Å². The van der Waals surface area contributed by atoms with Crippen LogP contribution in [0, 0.1) is 11.3 Å². The zero-order chi connectivity index (χ0) is 9.97. The van der Waals surface area contributed by atoms with Gasteiger partial charge in [-0.1, -0.05) is 18.2 Å². The van der Waals surface area contributed by atoms with E-state index in [1.54, 1.807) is 0 Å². The number of carbonyl (C=O) groups is 1. The molecule has 0 fully saturated rings. The molecule has 0 amide bonds. The second kappa shape index (κ2) is 3.56. The summed E-state index contributed by atoms with van der Waals surface area (Å²) >= 11 is 1.29. The van der Waals surface area contributed by atoms with Gasteiger partial charge < -0.3 is 0 Å². The van der Waals surface area contributed by atoms with E-state index >= 15 is 0 Å². The van der Waals surface area contributed by atoms with E-state index < -0.39 is 0 Å². The van der Waals surface area contributed by atoms with Crippen LogP contribution in [0.15, 0.2) is 24.3 Å². The van der Waals surface area contributed by atoms with Crippen molar-refractivity contribution in [1.29, 1.82) is 5.26 Å². The lowest BCUT2D eigenvalue weighted by molar-refractivity contribution is 0.0995. The van der Waals surface area contributed by atoms with Crippen molar-refractivity contribution in [1.82, 2.24) is 4.37 Å². The van der Waals surface area contributed by atoms with Crippen molar-refractivity contribution < 1.29 is 4.79 Å². The average Bonchev–Trinajstić information content (AvgIpc) is 2.61. The number of ketones is 1. The minimum atomic E-state index is -0.204. The summed E-state index contributed by atoms with van der Waals surface area (Å²) in [4.78, 5) is 11.4. The predicted molar refractivity (Wildman–Crippen MR) is 54.2 cm³/mol. The molecule has 0 unspecified atom stereocenters. The summed E-state index contributed by atoms with van der Waals surface area (Å²) in [7, 11) is 0. The summed E-state index contributed by atoms with van der Waals surface area (Å²) < 4.78 is 5.04. The van der Waals surface area contributed by atoms with E-state index in [4.69, 9.17) is 5.26 Å². The van der Waals surface area contributed by atoms with Gasteiger partial charge in [-0.05, 0) is 17.6 Å². The Morgan fingerprint density at radius 3 is 3.07 bits per heavy atom. The quantitative estimate of drug-likeness (QED) is 0.702. The third kappa shape index (κ3) is 1.38. The number of Topliss-reactive ketones (excluding diaryl/α,β-unsaturated/α-hetero) is 1. The lowest BCUT2D eigenvalue weighted by Gasteiger charge is -1.90. The predicted octanol–water partition coefficient (Wildman–Crippen LogP) is 2.39. The second-order valence-electron chi connectivity index (χ2n) is 2.79. The number of nitriles is 1. The van der Waals surface area contributed by atoms with Gasteiger partial charge >= 0.3 is 0 Å². The third-order valence-electron chi connectivity index (χ3n) is 1.88. The molecule has 0 bridgehead atoms. The third-order valence-corrected chi connectivity index (χ3v) is 2.71. The molecule has 0 N–H and O–H groups in total. The van der Waals surface area contributed by atoms with Gasteiger partial charge in [0.15, 0.2) is 5.78 Å². The highest BCUT2D eigenvalue weighted by molar-refractivity contribution is 7.13. The number of hydrogen-bond donors (Lipinski definition) is 0. The van der Waals surface area contributed by atoms with E-state index in [0.717, 1.165) is 10.1 Å². The fraction of sp³-hybridized carbons (Fsp3) is 0.100. The lowest BCUT2D eigenvalue weighted by Crippen LogP contribution is -1.97. The Kier molecular flexibility index (Phi) is 2.25. The van der Waals surface area contributed by atoms with Gasteiger partial charge in [-0.15, -0.1) is 0 Å². The van der Waals surface area contributed by atoms with E-state index in [1.807, 2.05) is 30.3 Å². The lowest BCUT2D eigenvalue weighted by atomic mass is 10.1. The van der Waals surface area contributed by atoms with Gasteiger partial charge in [-0.25, -0.2) is 0 Å². The maximum atomic E-state index is 11.4. The van der Waals surface area contributed by atoms with E-state index in [0.29, 0.717) is 5.69 Å². The monoisotopic (exact) mass is 202 g/mol. The van der Waals surface area contributed by atoms with Crippen molar-refractivity contribution in [2.45, 2.75) is 6.42 Å². The first-order valence-corrected chi connectivity index (χ1v) is 4.85. The van der Waals surface area contributed by atoms with Gasteiger partial charge in [-0.2, -0.15) is 9.64 Å². The highest BCUT2D eigenvalue weighted by Crippen LogP contribution is 2.22. The number of rotatable bonds is 2. The van der Waals surface area contributed by atoms with Crippen LogP contribution in [0.2, 0.25) is 0 Å². The molecule has 0 saturated heterocycles. The van der Waals surface area contributed by atoms with Crippen LogP contribution in [-0.2, 0) is 0 Å². The molecule has 0 aliphatic heterocycles. The first-order chi connectivity index (χ1) is 6.83. The first-order valence-electron chi connectivity index (χ1n) is 4.07. The highest BCUT2D eigenvalue weighted by Gasteiger charge is 2.12. The van der Waals surface area contributed by atoms with Crippen LogP contribution >= 0.6 is 11.5 Å². The number of benzene rings is 1. The highest BCUT2D eigenvalue weighted by atomic mass is 32.1. The van der Waals surface area contributed by atoms with Crippen LogP contribution in [0.1, 0.15) is 16.9 Å². The molecule has 14 heavy (non-hydrogen) atoms. The van der Waals surface area contributed by atoms with Crippen LogP contribution in [0.5, 0.6) is 0 Å². The number of fused-ring (bicyclic) bond motifs is 1. The van der Waals surface area contributed by atoms with E-state index in [1.165, 1.54) is 11.5 Å². The summed E-state index contributed by atoms with van der Waals surface area (Å²) in [5, 5.41) is 9.26. The topological polar surface area (TPSA) is 53.8 Å². The van der Waals surface area contributed by atoms with Gasteiger partial charge in [0.25, 0.3) is 0 Å². The molecule has 2 rings (SSSR count). The van der Waals surface area contributed by atoms with Crippen LogP contribution in [0.4, 0.5) is 0 Å². The molecule has 1 aromatic heterocycles. The molecule has 3 nitrogen and oxygen atoms in total. The minimum absolute atomic E-state index is 0.103. The molecular formula is C10H6N2OS. The zero-order valence-electron chi connectivity index (χ0n) is 7.23. The molecule has 68 valence electrons. The van der Waals surface area contributed by atoms with Gasteiger partial charge in [-0.3, -0.25) is 4.79 Å². The standard InChI is InChI=1S/C10H6N2OS/c11-6-5-8(13)10-7-3-1-2-4-9(7)14-12-10/h1-4H,5H2. The van der Waals surface area contributed by atoms with Crippen LogP contribution in [-0.4, -0.2) is 10.2 Å². The smallest absolute Gasteiger partial charge is 0.196 e. The molecule has 0 atom stereocenters. The SMILES string of the molecule is N#CCC(=O)c1nsc2ccccc12.